The molecule has 0 aliphatic carbocycles. The van der Waals surface area contributed by atoms with Crippen LogP contribution in [0.15, 0.2) is 18.2 Å². The molecule has 0 saturated carbocycles. The van der Waals surface area contributed by atoms with Crippen LogP contribution in [0.2, 0.25) is 0 Å². The topological polar surface area (TPSA) is 167 Å². The van der Waals surface area contributed by atoms with E-state index in [1.165, 1.54) is 29.5 Å². The van der Waals surface area contributed by atoms with E-state index in [0.29, 0.717) is 22.8 Å². The molecule has 0 aromatic carbocycles. The third-order valence-corrected chi connectivity index (χ3v) is 5.69. The summed E-state index contributed by atoms with van der Waals surface area (Å²) in [6.07, 6.45) is 0.0286. The fourth-order valence-corrected chi connectivity index (χ4v) is 4.32. The molecular formula is C18H21N9O5S. The first kappa shape index (κ1) is 21.6. The van der Waals surface area contributed by atoms with Gasteiger partial charge in [0.05, 0.1) is 6.33 Å². The normalized spacial score (nSPS) is 25.7. The number of nitrogens with one attached hydrogen (secondary N) is 3. The number of urea groups is 1. The maximum atomic E-state index is 12.6. The first-order valence-electron chi connectivity index (χ1n) is 10.2. The summed E-state index contributed by atoms with van der Waals surface area (Å²) in [5.74, 6) is -0.978. The second kappa shape index (κ2) is 8.26. The standard InChI is InChI=1S/C18H21N9O5S/c1-4-19-14(28)10-9-11(32-18(2,3)31-9)15(30-10)27-6-22-8-12(20-5-21-13(8)27)24-16(29)25-17-26-23-7-33-17/h5-7,9-11,15H,4H2,1-3H3,(H,19,28)(H2,20,21,24,25,26,29)/t9-,10+,11-,15-/m1/s1. The number of ether oxygens (including phenoxy) is 3. The summed E-state index contributed by atoms with van der Waals surface area (Å²) in [6, 6.07) is -0.552. The molecule has 2 fully saturated rings. The number of carbonyl (C=O) groups is 2. The Kier molecular flexibility index (Phi) is 5.40. The van der Waals surface area contributed by atoms with Crippen molar-refractivity contribution in [3.8, 4) is 0 Å². The lowest BCUT2D eigenvalue weighted by Gasteiger charge is -2.24. The summed E-state index contributed by atoms with van der Waals surface area (Å²) in [6.45, 7) is 5.85. The summed E-state index contributed by atoms with van der Waals surface area (Å²) in [5.41, 5.74) is 2.23. The second-order valence-electron chi connectivity index (χ2n) is 7.78. The number of anilines is 2. The maximum absolute atomic E-state index is 12.6. The molecule has 3 aromatic heterocycles. The number of imidazole rings is 1. The van der Waals surface area contributed by atoms with Gasteiger partial charge in [-0.1, -0.05) is 11.3 Å². The lowest BCUT2D eigenvalue weighted by Crippen LogP contribution is -2.42. The highest BCUT2D eigenvalue weighted by atomic mass is 32.1. The first-order valence-corrected chi connectivity index (χ1v) is 11.0. The number of amides is 3. The zero-order valence-electron chi connectivity index (χ0n) is 17.9. The van der Waals surface area contributed by atoms with Crippen molar-refractivity contribution in [2.24, 2.45) is 0 Å². The first-order chi connectivity index (χ1) is 15.9. The Labute approximate surface area is 191 Å². The molecule has 0 unspecified atom stereocenters. The van der Waals surface area contributed by atoms with Crippen molar-refractivity contribution in [3.05, 3.63) is 18.2 Å². The van der Waals surface area contributed by atoms with Crippen LogP contribution in [0, 0.1) is 0 Å². The molecule has 2 aliphatic rings. The van der Waals surface area contributed by atoms with Gasteiger partial charge in [-0.15, -0.1) is 10.2 Å². The van der Waals surface area contributed by atoms with Gasteiger partial charge in [-0.3, -0.25) is 20.0 Å². The Morgan fingerprint density at radius 1 is 1.18 bits per heavy atom. The molecule has 2 aliphatic heterocycles. The van der Waals surface area contributed by atoms with Gasteiger partial charge in [0.15, 0.2) is 35.1 Å². The van der Waals surface area contributed by atoms with Crippen LogP contribution in [0.5, 0.6) is 0 Å². The van der Waals surface area contributed by atoms with Gasteiger partial charge in [-0.05, 0) is 20.8 Å². The molecule has 15 heteroatoms. The zero-order chi connectivity index (χ0) is 23.2. The van der Waals surface area contributed by atoms with Gasteiger partial charge in [0.2, 0.25) is 5.13 Å². The van der Waals surface area contributed by atoms with Crippen molar-refractivity contribution >= 4 is 45.4 Å². The van der Waals surface area contributed by atoms with E-state index in [9.17, 15) is 9.59 Å². The molecule has 3 N–H and O–H groups in total. The minimum Gasteiger partial charge on any atom is -0.354 e. The molecule has 33 heavy (non-hydrogen) atoms. The van der Waals surface area contributed by atoms with E-state index in [2.05, 4.69) is 41.1 Å². The summed E-state index contributed by atoms with van der Waals surface area (Å²) in [7, 11) is 0. The predicted molar refractivity (Wildman–Crippen MR) is 114 cm³/mol. The van der Waals surface area contributed by atoms with Gasteiger partial charge in [0.1, 0.15) is 24.0 Å². The summed E-state index contributed by atoms with van der Waals surface area (Å²) >= 11 is 1.18. The van der Waals surface area contributed by atoms with Gasteiger partial charge < -0.3 is 19.5 Å². The highest BCUT2D eigenvalue weighted by molar-refractivity contribution is 7.13. The number of aromatic nitrogens is 6. The second-order valence-corrected chi connectivity index (χ2v) is 8.61. The number of likely N-dealkylation sites (N-methyl/N-ethyl adjacent to an activating group) is 1. The lowest BCUT2D eigenvalue weighted by atomic mass is 10.1. The summed E-state index contributed by atoms with van der Waals surface area (Å²) in [5, 5.41) is 15.7. The van der Waals surface area contributed by atoms with Crippen molar-refractivity contribution in [2.75, 3.05) is 17.2 Å². The predicted octanol–water partition coefficient (Wildman–Crippen LogP) is 0.875. The van der Waals surface area contributed by atoms with Gasteiger partial charge in [0, 0.05) is 6.54 Å². The summed E-state index contributed by atoms with van der Waals surface area (Å²) < 4.78 is 19.7. The zero-order valence-corrected chi connectivity index (χ0v) is 18.7. The van der Waals surface area contributed by atoms with Crippen LogP contribution in [0.4, 0.5) is 15.7 Å². The molecule has 5 rings (SSSR count). The smallest absolute Gasteiger partial charge is 0.326 e. The third kappa shape index (κ3) is 3.99. The number of rotatable bonds is 5. The van der Waals surface area contributed by atoms with Crippen LogP contribution < -0.4 is 16.0 Å². The van der Waals surface area contributed by atoms with Crippen LogP contribution in [-0.4, -0.2) is 72.3 Å². The van der Waals surface area contributed by atoms with Gasteiger partial charge in [-0.25, -0.2) is 19.7 Å². The van der Waals surface area contributed by atoms with E-state index in [-0.39, 0.29) is 11.7 Å². The van der Waals surface area contributed by atoms with Crippen molar-refractivity contribution in [1.29, 1.82) is 0 Å². The minimum absolute atomic E-state index is 0.194. The quantitative estimate of drug-likeness (QED) is 0.482. The average Bonchev–Trinajstić information content (AvgIpc) is 3.52. The lowest BCUT2D eigenvalue weighted by molar-refractivity contribution is -0.197. The fraction of sp³-hybridized carbons (Fsp3) is 0.500. The molecule has 2 saturated heterocycles. The Bertz CT molecular complexity index is 1180. The molecule has 3 amide bonds. The van der Waals surface area contributed by atoms with E-state index in [0.717, 1.165) is 0 Å². The van der Waals surface area contributed by atoms with Gasteiger partial charge in [-0.2, -0.15) is 0 Å². The molecule has 5 heterocycles. The Morgan fingerprint density at radius 3 is 2.76 bits per heavy atom. The van der Waals surface area contributed by atoms with E-state index in [1.807, 2.05) is 6.92 Å². The summed E-state index contributed by atoms with van der Waals surface area (Å²) in [4.78, 5) is 37.7. The fourth-order valence-electron chi connectivity index (χ4n) is 3.88. The van der Waals surface area contributed by atoms with Crippen LogP contribution in [0.3, 0.4) is 0 Å². The monoisotopic (exact) mass is 475 g/mol. The van der Waals surface area contributed by atoms with Gasteiger partial charge >= 0.3 is 6.03 Å². The Balaban J connectivity index is 1.43. The maximum Gasteiger partial charge on any atom is 0.326 e. The molecule has 174 valence electrons. The van der Waals surface area contributed by atoms with Crippen LogP contribution in [0.25, 0.3) is 11.2 Å². The van der Waals surface area contributed by atoms with Crippen molar-refractivity contribution in [1.82, 2.24) is 35.0 Å². The van der Waals surface area contributed by atoms with Gasteiger partial charge in [0.25, 0.3) is 5.91 Å². The van der Waals surface area contributed by atoms with Crippen molar-refractivity contribution in [2.45, 2.75) is 51.1 Å². The molecule has 0 bridgehead atoms. The number of nitrogens with zero attached hydrogens (tertiary/aromatic N) is 6. The van der Waals surface area contributed by atoms with Crippen LogP contribution in [0.1, 0.15) is 27.0 Å². The highest BCUT2D eigenvalue weighted by Crippen LogP contribution is 2.44. The third-order valence-electron chi connectivity index (χ3n) is 5.08. The number of carbonyl (C=O) groups excluding carboxylic acids is 2. The number of hydrogen-bond acceptors (Lipinski definition) is 11. The van der Waals surface area contributed by atoms with Crippen LogP contribution >= 0.6 is 11.3 Å². The molecule has 0 spiro atoms. The molecule has 0 radical (unpaired) electrons. The van der Waals surface area contributed by atoms with Crippen molar-refractivity contribution in [3.63, 3.8) is 0 Å². The van der Waals surface area contributed by atoms with E-state index < -0.39 is 36.4 Å². The van der Waals surface area contributed by atoms with E-state index >= 15 is 0 Å². The Morgan fingerprint density at radius 2 is 2.00 bits per heavy atom. The molecule has 14 nitrogen and oxygen atoms in total. The number of hydrogen-bond donors (Lipinski definition) is 3. The Hall–Kier alpha value is -3.27. The largest absolute Gasteiger partial charge is 0.354 e. The minimum atomic E-state index is -0.886. The highest BCUT2D eigenvalue weighted by Gasteiger charge is 2.58. The SMILES string of the molecule is CCNC(=O)[C@H]1O[C@@H](n2cnc3c(NC(=O)Nc4nncs4)ncnc32)[C@@H]2OC(C)(C)O[C@@H]21. The molecule has 3 aromatic rings. The van der Waals surface area contributed by atoms with E-state index in [4.69, 9.17) is 14.2 Å². The molecule has 4 atom stereocenters. The van der Waals surface area contributed by atoms with E-state index in [1.54, 1.807) is 18.4 Å². The molecular weight excluding hydrogens is 454 g/mol. The van der Waals surface area contributed by atoms with Crippen LogP contribution in [-0.2, 0) is 19.0 Å². The number of fused-ring (bicyclic) bond motifs is 2. The van der Waals surface area contributed by atoms with Crippen molar-refractivity contribution < 1.29 is 23.8 Å². The average molecular weight is 475 g/mol.